The molecule has 0 bridgehead atoms. The minimum Gasteiger partial charge on any atom is -0.497 e. The highest BCUT2D eigenvalue weighted by Gasteiger charge is 2.20. The van der Waals surface area contributed by atoms with E-state index < -0.39 is 0 Å². The molecule has 0 radical (unpaired) electrons. The van der Waals surface area contributed by atoms with E-state index in [1.165, 1.54) is 11.8 Å². The second-order valence-corrected chi connectivity index (χ2v) is 9.07. The lowest BCUT2D eigenvalue weighted by molar-refractivity contribution is 0.199. The van der Waals surface area contributed by atoms with Crippen molar-refractivity contribution in [3.8, 4) is 5.75 Å². The van der Waals surface area contributed by atoms with Gasteiger partial charge in [0.1, 0.15) is 21.9 Å². The van der Waals surface area contributed by atoms with Crippen LogP contribution in [0.2, 0.25) is 0 Å². The summed E-state index contributed by atoms with van der Waals surface area (Å²) in [6, 6.07) is 8.23. The molecular weight excluding hydrogens is 425 g/mol. The highest BCUT2D eigenvalue weighted by Crippen LogP contribution is 2.25. The predicted octanol–water partition coefficient (Wildman–Crippen LogP) is 4.18. The molecule has 1 saturated heterocycles. The van der Waals surface area contributed by atoms with E-state index >= 15 is 0 Å². The average molecular weight is 452 g/mol. The Balaban J connectivity index is 1.15. The third-order valence-corrected chi connectivity index (χ3v) is 6.99. The van der Waals surface area contributed by atoms with E-state index in [-0.39, 0.29) is 5.82 Å². The van der Waals surface area contributed by atoms with Gasteiger partial charge in [0.15, 0.2) is 0 Å². The number of likely N-dealkylation sites (tertiary alicyclic amines) is 1. The van der Waals surface area contributed by atoms with Crippen LogP contribution >= 0.6 is 11.3 Å². The summed E-state index contributed by atoms with van der Waals surface area (Å²) in [4.78, 5) is 16.5. The van der Waals surface area contributed by atoms with Crippen LogP contribution < -0.4 is 10.1 Å². The summed E-state index contributed by atoms with van der Waals surface area (Å²) in [7, 11) is 1.62. The summed E-state index contributed by atoms with van der Waals surface area (Å²) in [6.07, 6.45) is 6.10. The molecule has 4 heterocycles. The number of aromatic nitrogens is 3. The van der Waals surface area contributed by atoms with Crippen LogP contribution in [-0.2, 0) is 13.0 Å². The van der Waals surface area contributed by atoms with Crippen molar-refractivity contribution in [1.82, 2.24) is 25.2 Å². The molecule has 0 saturated carbocycles. The van der Waals surface area contributed by atoms with Crippen molar-refractivity contribution in [2.24, 2.45) is 0 Å². The van der Waals surface area contributed by atoms with Crippen molar-refractivity contribution in [3.63, 3.8) is 0 Å². The largest absolute Gasteiger partial charge is 0.497 e. The Bertz CT molecular complexity index is 1220. The molecule has 5 rings (SSSR count). The van der Waals surface area contributed by atoms with Gasteiger partial charge in [-0.1, -0.05) is 0 Å². The number of pyridine rings is 2. The van der Waals surface area contributed by atoms with Gasteiger partial charge < -0.3 is 15.0 Å². The molecular formula is C24H26FN5OS. The first-order chi connectivity index (χ1) is 15.7. The Morgan fingerprint density at radius 2 is 2.00 bits per heavy atom. The van der Waals surface area contributed by atoms with Crippen molar-refractivity contribution in [2.75, 3.05) is 26.7 Å². The lowest BCUT2D eigenvalue weighted by atomic mass is 10.0. The lowest BCUT2D eigenvalue weighted by Crippen LogP contribution is -2.42. The Hall–Kier alpha value is -2.68. The Morgan fingerprint density at radius 1 is 1.12 bits per heavy atom. The van der Waals surface area contributed by atoms with Crippen molar-refractivity contribution in [3.05, 3.63) is 59.1 Å². The van der Waals surface area contributed by atoms with Gasteiger partial charge in [-0.3, -0.25) is 4.98 Å². The van der Waals surface area contributed by atoms with Crippen LogP contribution in [0.5, 0.6) is 5.75 Å². The quantitative estimate of drug-likeness (QED) is 0.455. The molecule has 3 aromatic heterocycles. The number of nitrogens with one attached hydrogen (secondary N) is 1. The van der Waals surface area contributed by atoms with Gasteiger partial charge in [0.25, 0.3) is 0 Å². The molecule has 166 valence electrons. The number of ether oxygens (including phenoxy) is 1. The highest BCUT2D eigenvalue weighted by atomic mass is 32.1. The van der Waals surface area contributed by atoms with Gasteiger partial charge >= 0.3 is 0 Å². The molecule has 0 amide bonds. The zero-order valence-corrected chi connectivity index (χ0v) is 18.9. The number of rotatable bonds is 7. The van der Waals surface area contributed by atoms with Gasteiger partial charge in [0.2, 0.25) is 0 Å². The molecule has 1 aromatic carbocycles. The van der Waals surface area contributed by atoms with E-state index in [1.54, 1.807) is 18.4 Å². The molecule has 1 fully saturated rings. The number of thiazole rings is 1. The fourth-order valence-electron chi connectivity index (χ4n) is 4.37. The number of hydrogen-bond acceptors (Lipinski definition) is 7. The highest BCUT2D eigenvalue weighted by molar-refractivity contribution is 7.16. The second kappa shape index (κ2) is 9.44. The average Bonchev–Trinajstić information content (AvgIpc) is 3.30. The van der Waals surface area contributed by atoms with Crippen molar-refractivity contribution < 1.29 is 9.13 Å². The maximum atomic E-state index is 14.6. The minimum absolute atomic E-state index is 0.243. The molecule has 0 aliphatic carbocycles. The number of piperidine rings is 1. The molecule has 6 nitrogen and oxygen atoms in total. The fourth-order valence-corrected chi connectivity index (χ4v) is 4.98. The summed E-state index contributed by atoms with van der Waals surface area (Å²) in [5.41, 5.74) is 5.50. The van der Waals surface area contributed by atoms with Crippen LogP contribution in [0.25, 0.3) is 21.3 Å². The van der Waals surface area contributed by atoms with E-state index in [0.717, 1.165) is 71.6 Å². The molecule has 1 aliphatic rings. The summed E-state index contributed by atoms with van der Waals surface area (Å²) in [5, 5.41) is 4.50. The molecule has 4 aromatic rings. The monoisotopic (exact) mass is 451 g/mol. The van der Waals surface area contributed by atoms with Gasteiger partial charge in [-0.25, -0.2) is 14.4 Å². The molecule has 32 heavy (non-hydrogen) atoms. The number of nitrogens with zero attached hydrogens (tertiary/aromatic N) is 4. The topological polar surface area (TPSA) is 63.2 Å². The Morgan fingerprint density at radius 3 is 2.84 bits per heavy atom. The SMILES string of the molecule is COc1ccc2ncc(F)c(CCN3CCC(NCc4cnc5scnc5c4)CC3)c2c1. The molecule has 8 heteroatoms. The van der Waals surface area contributed by atoms with E-state index in [9.17, 15) is 4.39 Å². The molecule has 0 unspecified atom stereocenters. The van der Waals surface area contributed by atoms with Crippen LogP contribution in [0, 0.1) is 5.82 Å². The van der Waals surface area contributed by atoms with E-state index in [0.29, 0.717) is 12.5 Å². The van der Waals surface area contributed by atoms with Crippen LogP contribution in [-0.4, -0.2) is 52.6 Å². The zero-order chi connectivity index (χ0) is 21.9. The van der Waals surface area contributed by atoms with Gasteiger partial charge in [0.05, 0.1) is 24.3 Å². The lowest BCUT2D eigenvalue weighted by Gasteiger charge is -2.32. The third kappa shape index (κ3) is 4.57. The smallest absolute Gasteiger partial charge is 0.145 e. The van der Waals surface area contributed by atoms with Gasteiger partial charge in [-0.2, -0.15) is 0 Å². The summed E-state index contributed by atoms with van der Waals surface area (Å²) in [5.74, 6) is 0.482. The summed E-state index contributed by atoms with van der Waals surface area (Å²) < 4.78 is 19.9. The van der Waals surface area contributed by atoms with E-state index in [4.69, 9.17) is 4.74 Å². The first-order valence-corrected chi connectivity index (χ1v) is 11.8. The van der Waals surface area contributed by atoms with Crippen LogP contribution in [0.3, 0.4) is 0 Å². The summed E-state index contributed by atoms with van der Waals surface area (Å²) in [6.45, 7) is 3.66. The Labute approximate surface area is 190 Å². The van der Waals surface area contributed by atoms with Gasteiger partial charge in [0, 0.05) is 36.3 Å². The molecule has 0 spiro atoms. The van der Waals surface area contributed by atoms with Crippen LogP contribution in [0.1, 0.15) is 24.0 Å². The van der Waals surface area contributed by atoms with Gasteiger partial charge in [-0.05, 0) is 62.2 Å². The standard InChI is InChI=1S/C24H26FN5OS/c1-31-18-2-3-22-20(11-18)19(21(25)14-27-22)6-9-30-7-4-17(5-8-30)26-12-16-10-23-24(28-13-16)32-15-29-23/h2-3,10-11,13-15,17,26H,4-9,12H2,1H3. The van der Waals surface area contributed by atoms with Crippen LogP contribution in [0.15, 0.2) is 42.2 Å². The number of fused-ring (bicyclic) bond motifs is 2. The second-order valence-electron chi connectivity index (χ2n) is 8.23. The van der Waals surface area contributed by atoms with Crippen molar-refractivity contribution in [2.45, 2.75) is 31.8 Å². The van der Waals surface area contributed by atoms with Crippen molar-refractivity contribution in [1.29, 1.82) is 0 Å². The zero-order valence-electron chi connectivity index (χ0n) is 18.1. The first kappa shape index (κ1) is 21.2. The number of halogens is 1. The number of benzene rings is 1. The predicted molar refractivity (Wildman–Crippen MR) is 126 cm³/mol. The normalized spacial score (nSPS) is 15.6. The van der Waals surface area contributed by atoms with E-state index in [1.807, 2.05) is 29.9 Å². The first-order valence-electron chi connectivity index (χ1n) is 10.9. The number of hydrogen-bond donors (Lipinski definition) is 1. The molecule has 1 N–H and O–H groups in total. The third-order valence-electron chi connectivity index (χ3n) is 6.24. The van der Waals surface area contributed by atoms with Gasteiger partial charge in [-0.15, -0.1) is 11.3 Å². The maximum absolute atomic E-state index is 14.6. The number of methoxy groups -OCH3 is 1. The molecule has 0 atom stereocenters. The fraction of sp³-hybridized carbons (Fsp3) is 0.375. The minimum atomic E-state index is -0.243. The Kier molecular flexibility index (Phi) is 6.25. The molecule has 1 aliphatic heterocycles. The van der Waals surface area contributed by atoms with E-state index in [2.05, 4.69) is 31.2 Å². The van der Waals surface area contributed by atoms with Crippen LogP contribution in [0.4, 0.5) is 4.39 Å². The summed E-state index contributed by atoms with van der Waals surface area (Å²) >= 11 is 1.57. The maximum Gasteiger partial charge on any atom is 0.145 e. The van der Waals surface area contributed by atoms with Crippen molar-refractivity contribution >= 4 is 32.6 Å².